The van der Waals surface area contributed by atoms with Crippen LogP contribution in [0.25, 0.3) is 0 Å². The van der Waals surface area contributed by atoms with Crippen LogP contribution in [-0.4, -0.2) is 41.5 Å². The minimum absolute atomic E-state index is 0.253. The van der Waals surface area contributed by atoms with E-state index in [0.29, 0.717) is 24.8 Å². The summed E-state index contributed by atoms with van der Waals surface area (Å²) < 4.78 is 5.00. The molecule has 0 bridgehead atoms. The maximum atomic E-state index is 11.7. The first-order valence-corrected chi connectivity index (χ1v) is 8.52. The summed E-state index contributed by atoms with van der Waals surface area (Å²) in [6.45, 7) is 7.57. The summed E-state index contributed by atoms with van der Waals surface area (Å²) in [5, 5.41) is 7.98. The summed E-state index contributed by atoms with van der Waals surface area (Å²) >= 11 is 5.29. The number of aryl methyl sites for hydroxylation is 1. The minimum Gasteiger partial charge on any atom is -0.450 e. The van der Waals surface area contributed by atoms with Gasteiger partial charge in [-0.2, -0.15) is 5.10 Å². The van der Waals surface area contributed by atoms with Crippen LogP contribution in [0, 0.1) is 13.8 Å². The van der Waals surface area contributed by atoms with Gasteiger partial charge in [-0.1, -0.05) is 12.1 Å². The van der Waals surface area contributed by atoms with Crippen molar-refractivity contribution in [3.8, 4) is 0 Å². The number of benzene rings is 1. The fourth-order valence-corrected chi connectivity index (χ4v) is 2.60. The quantitative estimate of drug-likeness (QED) is 0.649. The summed E-state index contributed by atoms with van der Waals surface area (Å²) in [5.74, 6) is 0. The van der Waals surface area contributed by atoms with Crippen molar-refractivity contribution in [1.29, 1.82) is 0 Å². The summed E-state index contributed by atoms with van der Waals surface area (Å²) in [7, 11) is 0. The zero-order valence-electron chi connectivity index (χ0n) is 14.4. The largest absolute Gasteiger partial charge is 0.450 e. The van der Waals surface area contributed by atoms with Gasteiger partial charge in [-0.25, -0.2) is 4.79 Å². The van der Waals surface area contributed by atoms with E-state index in [9.17, 15) is 4.79 Å². The smallest absolute Gasteiger partial charge is 0.409 e. The first-order chi connectivity index (χ1) is 11.5. The molecule has 1 saturated heterocycles. The summed E-state index contributed by atoms with van der Waals surface area (Å²) in [6.07, 6.45) is 1.19. The molecule has 0 radical (unpaired) electrons. The van der Waals surface area contributed by atoms with E-state index in [0.717, 1.165) is 29.8 Å². The van der Waals surface area contributed by atoms with E-state index in [1.165, 1.54) is 5.56 Å². The Labute approximate surface area is 148 Å². The second-order valence-electron chi connectivity index (χ2n) is 5.68. The van der Waals surface area contributed by atoms with Gasteiger partial charge in [-0.3, -0.25) is 5.43 Å². The van der Waals surface area contributed by atoms with Gasteiger partial charge >= 0.3 is 6.09 Å². The Kier molecular flexibility index (Phi) is 6.54. The molecule has 0 aromatic heterocycles. The van der Waals surface area contributed by atoms with Crippen LogP contribution in [0.2, 0.25) is 0 Å². The van der Waals surface area contributed by atoms with Gasteiger partial charge in [0.25, 0.3) is 0 Å². The first-order valence-electron chi connectivity index (χ1n) is 8.11. The van der Waals surface area contributed by atoms with Crippen LogP contribution in [0.4, 0.5) is 10.5 Å². The molecule has 0 atom stereocenters. The molecule has 0 aliphatic carbocycles. The lowest BCUT2D eigenvalue weighted by atomic mass is 10.1. The zero-order chi connectivity index (χ0) is 17.5. The predicted octanol–water partition coefficient (Wildman–Crippen LogP) is 3.20. The Morgan fingerprint density at radius 2 is 2.04 bits per heavy atom. The molecule has 2 rings (SSSR count). The molecule has 0 unspecified atom stereocenters. The summed E-state index contributed by atoms with van der Waals surface area (Å²) in [4.78, 5) is 13.4. The van der Waals surface area contributed by atoms with Crippen molar-refractivity contribution >= 4 is 34.8 Å². The van der Waals surface area contributed by atoms with E-state index >= 15 is 0 Å². The standard InChI is InChI=1S/C17H24N4O2S/c1-4-23-17(22)21-10-8-14(9-11-21)19-20-16(24)18-15-7-5-6-12(2)13(15)3/h5-7H,4,8-11H2,1-3H3,(H2,18,20,24). The molecule has 1 amide bonds. The second kappa shape index (κ2) is 8.63. The molecule has 24 heavy (non-hydrogen) atoms. The summed E-state index contributed by atoms with van der Waals surface area (Å²) in [5.41, 5.74) is 7.24. The number of hydrogen-bond acceptors (Lipinski definition) is 4. The fourth-order valence-electron chi connectivity index (χ4n) is 2.44. The maximum Gasteiger partial charge on any atom is 0.409 e. The minimum atomic E-state index is -0.253. The molecule has 0 saturated carbocycles. The lowest BCUT2D eigenvalue weighted by Crippen LogP contribution is -2.39. The number of hydrazone groups is 1. The van der Waals surface area contributed by atoms with E-state index in [1.54, 1.807) is 4.90 Å². The number of amides is 1. The molecule has 130 valence electrons. The topological polar surface area (TPSA) is 66.0 Å². The number of ether oxygens (including phenoxy) is 1. The molecule has 1 aliphatic rings. The lowest BCUT2D eigenvalue weighted by molar-refractivity contribution is 0.107. The Bertz CT molecular complexity index is 635. The Balaban J connectivity index is 1.82. The number of carbonyl (C=O) groups excluding carboxylic acids is 1. The third-order valence-electron chi connectivity index (χ3n) is 4.04. The average molecular weight is 348 g/mol. The van der Waals surface area contributed by atoms with Crippen LogP contribution in [0.15, 0.2) is 23.3 Å². The van der Waals surface area contributed by atoms with Crippen LogP contribution < -0.4 is 10.7 Å². The molecular formula is C17H24N4O2S. The number of rotatable bonds is 3. The van der Waals surface area contributed by atoms with Crippen LogP contribution in [0.1, 0.15) is 30.9 Å². The number of nitrogens with zero attached hydrogens (tertiary/aromatic N) is 2. The van der Waals surface area contributed by atoms with Crippen molar-refractivity contribution in [1.82, 2.24) is 10.3 Å². The van der Waals surface area contributed by atoms with Crippen molar-refractivity contribution < 1.29 is 9.53 Å². The molecule has 6 nitrogen and oxygen atoms in total. The van der Waals surface area contributed by atoms with Gasteiger partial charge in [0.15, 0.2) is 5.11 Å². The molecule has 2 N–H and O–H groups in total. The van der Waals surface area contributed by atoms with Gasteiger partial charge in [-0.05, 0) is 50.2 Å². The van der Waals surface area contributed by atoms with Crippen LogP contribution >= 0.6 is 12.2 Å². The highest BCUT2D eigenvalue weighted by Crippen LogP contribution is 2.17. The van der Waals surface area contributed by atoms with E-state index in [-0.39, 0.29) is 6.09 Å². The molecule has 1 aromatic rings. The number of hydrogen-bond donors (Lipinski definition) is 2. The van der Waals surface area contributed by atoms with Gasteiger partial charge in [-0.15, -0.1) is 0 Å². The van der Waals surface area contributed by atoms with E-state index in [2.05, 4.69) is 35.8 Å². The van der Waals surface area contributed by atoms with Crippen molar-refractivity contribution in [3.63, 3.8) is 0 Å². The third-order valence-corrected chi connectivity index (χ3v) is 4.23. The number of likely N-dealkylation sites (tertiary alicyclic amines) is 1. The van der Waals surface area contributed by atoms with Crippen molar-refractivity contribution in [2.75, 3.05) is 25.0 Å². The van der Waals surface area contributed by atoms with Crippen molar-refractivity contribution in [2.24, 2.45) is 5.10 Å². The van der Waals surface area contributed by atoms with Gasteiger partial charge in [0.05, 0.1) is 6.61 Å². The Morgan fingerprint density at radius 3 is 2.71 bits per heavy atom. The third kappa shape index (κ3) is 4.92. The van der Waals surface area contributed by atoms with Crippen molar-refractivity contribution in [3.05, 3.63) is 29.3 Å². The number of anilines is 1. The number of carbonyl (C=O) groups is 1. The Hall–Kier alpha value is -2.15. The molecule has 1 fully saturated rings. The van der Waals surface area contributed by atoms with E-state index in [1.807, 2.05) is 19.1 Å². The average Bonchev–Trinajstić information content (AvgIpc) is 2.58. The SMILES string of the molecule is CCOC(=O)N1CCC(=NNC(=S)Nc2cccc(C)c2C)CC1. The van der Waals surface area contributed by atoms with Crippen LogP contribution in [-0.2, 0) is 4.74 Å². The molecular weight excluding hydrogens is 324 g/mol. The molecule has 0 spiro atoms. The highest BCUT2D eigenvalue weighted by molar-refractivity contribution is 7.80. The molecule has 1 aromatic carbocycles. The van der Waals surface area contributed by atoms with Gasteiger partial charge in [0.1, 0.15) is 0 Å². The van der Waals surface area contributed by atoms with E-state index < -0.39 is 0 Å². The number of nitrogens with one attached hydrogen (secondary N) is 2. The predicted molar refractivity (Wildman–Crippen MR) is 101 cm³/mol. The Morgan fingerprint density at radius 1 is 1.33 bits per heavy atom. The van der Waals surface area contributed by atoms with E-state index in [4.69, 9.17) is 17.0 Å². The number of piperidine rings is 1. The van der Waals surface area contributed by atoms with Gasteiger partial charge in [0, 0.05) is 37.3 Å². The second-order valence-corrected chi connectivity index (χ2v) is 6.09. The van der Waals surface area contributed by atoms with Crippen molar-refractivity contribution in [2.45, 2.75) is 33.6 Å². The highest BCUT2D eigenvalue weighted by atomic mass is 32.1. The monoisotopic (exact) mass is 348 g/mol. The van der Waals surface area contributed by atoms with Crippen LogP contribution in [0.5, 0.6) is 0 Å². The van der Waals surface area contributed by atoms with Gasteiger partial charge < -0.3 is 15.0 Å². The summed E-state index contributed by atoms with van der Waals surface area (Å²) in [6, 6.07) is 6.04. The zero-order valence-corrected chi connectivity index (χ0v) is 15.2. The molecule has 1 aliphatic heterocycles. The lowest BCUT2D eigenvalue weighted by Gasteiger charge is -2.26. The fraction of sp³-hybridized carbons (Fsp3) is 0.471. The maximum absolute atomic E-state index is 11.7. The number of thiocarbonyl (C=S) groups is 1. The highest BCUT2D eigenvalue weighted by Gasteiger charge is 2.20. The normalized spacial score (nSPS) is 14.1. The molecule has 1 heterocycles. The molecule has 7 heteroatoms. The van der Waals surface area contributed by atoms with Gasteiger partial charge in [0.2, 0.25) is 0 Å². The first kappa shape index (κ1) is 18.2. The van der Waals surface area contributed by atoms with Crippen LogP contribution in [0.3, 0.4) is 0 Å².